The van der Waals surface area contributed by atoms with Gasteiger partial charge in [0.15, 0.2) is 11.5 Å². The highest BCUT2D eigenvalue weighted by molar-refractivity contribution is 5.96. The van der Waals surface area contributed by atoms with E-state index in [1.807, 2.05) is 18.2 Å². The molecule has 6 aromatic rings. The van der Waals surface area contributed by atoms with E-state index in [0.717, 1.165) is 55.0 Å². The van der Waals surface area contributed by atoms with Gasteiger partial charge in [-0.15, -0.1) is 0 Å². The summed E-state index contributed by atoms with van der Waals surface area (Å²) in [7, 11) is 0. The van der Waals surface area contributed by atoms with Crippen LogP contribution in [0.15, 0.2) is 55.1 Å². The highest BCUT2D eigenvalue weighted by Gasteiger charge is 2.25. The number of nitrogens with one attached hydrogen (secondary N) is 2. The second-order valence-corrected chi connectivity index (χ2v) is 11.3. The number of aromatic nitrogens is 8. The first kappa shape index (κ1) is 26.6. The van der Waals surface area contributed by atoms with Crippen molar-refractivity contribution in [3.63, 3.8) is 0 Å². The van der Waals surface area contributed by atoms with E-state index in [9.17, 15) is 4.39 Å². The maximum Gasteiger partial charge on any atom is 0.159 e. The van der Waals surface area contributed by atoms with Crippen molar-refractivity contribution in [3.05, 3.63) is 60.9 Å². The summed E-state index contributed by atoms with van der Waals surface area (Å²) < 4.78 is 20.7. The average molecular weight is 592 g/mol. The van der Waals surface area contributed by atoms with E-state index >= 15 is 0 Å². The topological polar surface area (TPSA) is 151 Å². The quantitative estimate of drug-likeness (QED) is 0.239. The Morgan fingerprint density at radius 1 is 0.977 bits per heavy atom. The largest absolute Gasteiger partial charge is 0.492 e. The van der Waals surface area contributed by atoms with E-state index in [1.165, 1.54) is 25.0 Å². The number of H-pyrrole nitrogens is 2. The standard InChI is InChI=1S/C31H30FN11O/c32-20-9-18(10-22(12-20)44-8-7-42-5-1-2-6-42)27-29-24(3-4-35-27)38-31(39-29)28-23-11-19(13-36-30(23)41-40-28)25-14-34-15-26(37-25)43-16-21(33)17-43/h3-4,9-15,21H,1-2,5-8,16-17,33H2,(H,38,39)(H,36,40,41). The Morgan fingerprint density at radius 3 is 2.73 bits per heavy atom. The molecule has 0 atom stereocenters. The molecule has 0 spiro atoms. The number of benzene rings is 1. The van der Waals surface area contributed by atoms with Crippen LogP contribution in [0.1, 0.15) is 12.8 Å². The van der Waals surface area contributed by atoms with Gasteiger partial charge in [-0.1, -0.05) is 0 Å². The van der Waals surface area contributed by atoms with Gasteiger partial charge >= 0.3 is 0 Å². The number of likely N-dealkylation sites (tertiary alicyclic amines) is 1. The van der Waals surface area contributed by atoms with Crippen LogP contribution in [-0.2, 0) is 0 Å². The molecule has 2 saturated heterocycles. The van der Waals surface area contributed by atoms with Crippen LogP contribution in [0.2, 0.25) is 0 Å². The molecule has 2 aliphatic rings. The lowest BCUT2D eigenvalue weighted by Crippen LogP contribution is -2.56. The zero-order valence-corrected chi connectivity index (χ0v) is 23.9. The minimum Gasteiger partial charge on any atom is -0.492 e. The number of ether oxygens (including phenoxy) is 1. The number of hydrogen-bond donors (Lipinski definition) is 3. The third-order valence-electron chi connectivity index (χ3n) is 8.21. The molecular formula is C31H30FN11O. The molecule has 0 amide bonds. The van der Waals surface area contributed by atoms with Gasteiger partial charge in [0.05, 0.1) is 34.7 Å². The van der Waals surface area contributed by atoms with Crippen molar-refractivity contribution in [3.8, 4) is 39.8 Å². The first-order chi connectivity index (χ1) is 21.6. The Balaban J connectivity index is 1.11. The smallest absolute Gasteiger partial charge is 0.159 e. The Labute approximate surface area is 251 Å². The SMILES string of the molecule is NC1CN(c2cncc(-c3cnc4[nH]nc(-c5nc6c(-c7cc(F)cc(OCCN8CCCC8)c7)nccc6[nH]5)c4c3)n2)C1. The number of hydrogen-bond acceptors (Lipinski definition) is 10. The van der Waals surface area contributed by atoms with Crippen molar-refractivity contribution in [2.45, 2.75) is 18.9 Å². The fraction of sp³-hybridized carbons (Fsp3) is 0.290. The number of aromatic amines is 2. The maximum atomic E-state index is 14.7. The van der Waals surface area contributed by atoms with Crippen LogP contribution < -0.4 is 15.4 Å². The molecule has 0 unspecified atom stereocenters. The molecule has 12 nitrogen and oxygen atoms in total. The minimum atomic E-state index is -0.394. The number of imidazole rings is 1. The molecule has 0 radical (unpaired) electrons. The number of rotatable bonds is 8. The van der Waals surface area contributed by atoms with Crippen LogP contribution in [0.25, 0.3) is 56.1 Å². The third-order valence-corrected chi connectivity index (χ3v) is 8.21. The van der Waals surface area contributed by atoms with E-state index in [2.05, 4.69) is 39.9 Å². The number of anilines is 1. The summed E-state index contributed by atoms with van der Waals surface area (Å²) in [4.78, 5) is 31.0. The van der Waals surface area contributed by atoms with Gasteiger partial charge in [0.25, 0.3) is 0 Å². The second-order valence-electron chi connectivity index (χ2n) is 11.3. The van der Waals surface area contributed by atoms with E-state index < -0.39 is 5.82 Å². The van der Waals surface area contributed by atoms with Crippen LogP contribution in [0.3, 0.4) is 0 Å². The highest BCUT2D eigenvalue weighted by atomic mass is 19.1. The number of nitrogens with two attached hydrogens (primary N) is 1. The summed E-state index contributed by atoms with van der Waals surface area (Å²) in [6.45, 7) is 5.01. The average Bonchev–Trinajstić information content (AvgIpc) is 3.78. The van der Waals surface area contributed by atoms with Crippen LogP contribution >= 0.6 is 0 Å². The fourth-order valence-electron chi connectivity index (χ4n) is 5.91. The first-order valence-corrected chi connectivity index (χ1v) is 14.8. The van der Waals surface area contributed by atoms with Crippen molar-refractivity contribution in [2.24, 2.45) is 5.73 Å². The lowest BCUT2D eigenvalue weighted by molar-refractivity contribution is 0.237. The molecule has 44 heavy (non-hydrogen) atoms. The predicted octanol–water partition coefficient (Wildman–Crippen LogP) is 3.78. The molecule has 13 heteroatoms. The highest BCUT2D eigenvalue weighted by Crippen LogP contribution is 2.33. The Bertz CT molecular complexity index is 1980. The number of pyridine rings is 2. The Kier molecular flexibility index (Phi) is 6.60. The lowest BCUT2D eigenvalue weighted by atomic mass is 10.1. The van der Waals surface area contributed by atoms with Gasteiger partial charge in [-0.25, -0.2) is 19.3 Å². The molecule has 7 heterocycles. The minimum absolute atomic E-state index is 0.160. The molecule has 4 N–H and O–H groups in total. The van der Waals surface area contributed by atoms with Gasteiger partial charge in [-0.05, 0) is 50.2 Å². The van der Waals surface area contributed by atoms with Crippen molar-refractivity contribution in [1.29, 1.82) is 0 Å². The second kappa shape index (κ2) is 10.9. The first-order valence-electron chi connectivity index (χ1n) is 14.8. The molecule has 2 aliphatic heterocycles. The molecule has 1 aromatic carbocycles. The molecule has 0 aliphatic carbocycles. The molecule has 8 rings (SSSR count). The predicted molar refractivity (Wildman–Crippen MR) is 165 cm³/mol. The summed E-state index contributed by atoms with van der Waals surface area (Å²) in [5.41, 5.74) is 11.1. The Morgan fingerprint density at radius 2 is 1.86 bits per heavy atom. The summed E-state index contributed by atoms with van der Waals surface area (Å²) in [6.07, 6.45) is 9.32. The molecule has 0 bridgehead atoms. The Hall–Kier alpha value is -5.01. The van der Waals surface area contributed by atoms with Gasteiger partial charge in [-0.2, -0.15) is 5.10 Å². The van der Waals surface area contributed by atoms with Crippen molar-refractivity contribution < 1.29 is 9.13 Å². The summed E-state index contributed by atoms with van der Waals surface area (Å²) in [6, 6.07) is 8.64. The zero-order valence-electron chi connectivity index (χ0n) is 23.9. The van der Waals surface area contributed by atoms with Crippen LogP contribution in [0, 0.1) is 5.82 Å². The van der Waals surface area contributed by atoms with Crippen molar-refractivity contribution in [2.75, 3.05) is 44.2 Å². The van der Waals surface area contributed by atoms with E-state index in [1.54, 1.807) is 24.8 Å². The summed E-state index contributed by atoms with van der Waals surface area (Å²) in [5.74, 6) is 1.39. The van der Waals surface area contributed by atoms with Gasteiger partial charge in [0.2, 0.25) is 0 Å². The van der Waals surface area contributed by atoms with E-state index in [-0.39, 0.29) is 6.04 Å². The van der Waals surface area contributed by atoms with Crippen molar-refractivity contribution >= 4 is 27.9 Å². The van der Waals surface area contributed by atoms with E-state index in [4.69, 9.17) is 20.4 Å². The maximum absolute atomic E-state index is 14.7. The monoisotopic (exact) mass is 591 g/mol. The number of nitrogens with zero attached hydrogens (tertiary/aromatic N) is 8. The third kappa shape index (κ3) is 4.99. The summed E-state index contributed by atoms with van der Waals surface area (Å²) >= 11 is 0. The van der Waals surface area contributed by atoms with Gasteiger partial charge in [0.1, 0.15) is 35.2 Å². The van der Waals surface area contributed by atoms with E-state index in [0.29, 0.717) is 52.0 Å². The van der Waals surface area contributed by atoms with Crippen molar-refractivity contribution in [1.82, 2.24) is 45.0 Å². The number of halogens is 1. The molecule has 222 valence electrons. The van der Waals surface area contributed by atoms with Gasteiger partial charge in [-0.3, -0.25) is 20.0 Å². The summed E-state index contributed by atoms with van der Waals surface area (Å²) in [5, 5.41) is 8.30. The molecule has 2 fully saturated rings. The van der Waals surface area contributed by atoms with Crippen LogP contribution in [0.4, 0.5) is 10.2 Å². The van der Waals surface area contributed by atoms with Crippen LogP contribution in [0.5, 0.6) is 5.75 Å². The molecular weight excluding hydrogens is 561 g/mol. The molecule has 5 aromatic heterocycles. The fourth-order valence-corrected chi connectivity index (χ4v) is 5.91. The molecule has 0 saturated carbocycles. The normalized spacial score (nSPS) is 15.8. The zero-order chi connectivity index (χ0) is 29.6. The number of fused-ring (bicyclic) bond motifs is 2. The van der Waals surface area contributed by atoms with Crippen LogP contribution in [-0.4, -0.2) is 90.4 Å². The lowest BCUT2D eigenvalue weighted by Gasteiger charge is -2.37. The van der Waals surface area contributed by atoms with Gasteiger partial charge < -0.3 is 20.4 Å². The van der Waals surface area contributed by atoms with Gasteiger partial charge in [0, 0.05) is 55.3 Å².